The third-order valence-corrected chi connectivity index (χ3v) is 6.48. The molecule has 140 valence electrons. The molecule has 0 spiro atoms. The Morgan fingerprint density at radius 3 is 2.33 bits per heavy atom. The summed E-state index contributed by atoms with van der Waals surface area (Å²) < 4.78 is 24.5. The van der Waals surface area contributed by atoms with Crippen molar-refractivity contribution in [1.29, 1.82) is 0 Å². The van der Waals surface area contributed by atoms with E-state index in [0.717, 1.165) is 5.01 Å². The number of amides is 1. The van der Waals surface area contributed by atoms with E-state index < -0.39 is 21.5 Å². The number of carbonyl (C=O) groups is 1. The van der Waals surface area contributed by atoms with Gasteiger partial charge in [0.05, 0.1) is 4.90 Å². The summed E-state index contributed by atoms with van der Waals surface area (Å²) in [4.78, 5) is 12.2. The number of benzene rings is 2. The van der Waals surface area contributed by atoms with Crippen LogP contribution in [0.5, 0.6) is 0 Å². The van der Waals surface area contributed by atoms with Crippen molar-refractivity contribution in [3.63, 3.8) is 0 Å². The van der Waals surface area contributed by atoms with Crippen molar-refractivity contribution in [1.82, 2.24) is 10.2 Å². The molecule has 0 aliphatic rings. The second kappa shape index (κ2) is 8.41. The molecule has 1 N–H and O–H groups in total. The highest BCUT2D eigenvalue weighted by atomic mass is 32.2. The van der Waals surface area contributed by atoms with Crippen LogP contribution in [0.3, 0.4) is 0 Å². The fraction of sp³-hybridized carbons (Fsp3) is 0.211. The van der Waals surface area contributed by atoms with Crippen molar-refractivity contribution in [3.05, 3.63) is 71.2 Å². The monoisotopic (exact) mass is 401 g/mol. The smallest absolute Gasteiger partial charge is 0.241 e. The summed E-state index contributed by atoms with van der Waals surface area (Å²) >= 11 is 1.26. The number of hydrogen-bond donors (Lipinski definition) is 1. The van der Waals surface area contributed by atoms with Crippen LogP contribution in [0.1, 0.15) is 23.4 Å². The average molecular weight is 402 g/mol. The molecule has 27 heavy (non-hydrogen) atoms. The number of carbonyl (C=O) groups excluding carboxylic acids is 1. The van der Waals surface area contributed by atoms with E-state index in [1.807, 2.05) is 18.2 Å². The van der Waals surface area contributed by atoms with E-state index in [4.69, 9.17) is 0 Å². The summed E-state index contributed by atoms with van der Waals surface area (Å²) in [6.07, 6.45) is 0.694. The number of anilines is 1. The minimum absolute atomic E-state index is 0.120. The zero-order valence-corrected chi connectivity index (χ0v) is 16.3. The van der Waals surface area contributed by atoms with Crippen molar-refractivity contribution < 1.29 is 13.2 Å². The van der Waals surface area contributed by atoms with Gasteiger partial charge in [-0.3, -0.25) is 10.1 Å². The Balaban J connectivity index is 1.60. The van der Waals surface area contributed by atoms with Gasteiger partial charge in [0.1, 0.15) is 10.8 Å². The average Bonchev–Trinajstić information content (AvgIpc) is 3.09. The number of aromatic nitrogens is 2. The van der Waals surface area contributed by atoms with E-state index in [1.54, 1.807) is 18.2 Å². The summed E-state index contributed by atoms with van der Waals surface area (Å²) in [7, 11) is -3.68. The van der Waals surface area contributed by atoms with Crippen molar-refractivity contribution in [2.24, 2.45) is 0 Å². The zero-order chi connectivity index (χ0) is 19.3. The van der Waals surface area contributed by atoms with Crippen molar-refractivity contribution in [2.75, 3.05) is 11.1 Å². The maximum Gasteiger partial charge on any atom is 0.241 e. The van der Waals surface area contributed by atoms with Crippen LogP contribution < -0.4 is 5.32 Å². The van der Waals surface area contributed by atoms with E-state index in [2.05, 4.69) is 34.6 Å². The van der Waals surface area contributed by atoms with Gasteiger partial charge in [-0.2, -0.15) is 0 Å². The SMILES string of the molecule is C[C@@H](Cc1nnc(NC(=O)CS(=O)(=O)c2ccccc2)s1)c1ccccc1. The molecular formula is C19H19N3O3S2. The number of nitrogens with zero attached hydrogens (tertiary/aromatic N) is 2. The number of rotatable bonds is 7. The van der Waals surface area contributed by atoms with Crippen LogP contribution in [0.2, 0.25) is 0 Å². The molecule has 0 aliphatic heterocycles. The first kappa shape index (κ1) is 19.2. The molecule has 0 radical (unpaired) electrons. The predicted octanol–water partition coefficient (Wildman–Crippen LogP) is 3.30. The number of hydrogen-bond acceptors (Lipinski definition) is 6. The van der Waals surface area contributed by atoms with Gasteiger partial charge in [0, 0.05) is 6.42 Å². The Bertz CT molecular complexity index is 1000. The molecule has 0 unspecified atom stereocenters. The molecule has 0 fully saturated rings. The fourth-order valence-corrected chi connectivity index (χ4v) is 4.63. The van der Waals surface area contributed by atoms with Crippen molar-refractivity contribution >= 4 is 32.2 Å². The maximum atomic E-state index is 12.2. The lowest BCUT2D eigenvalue weighted by atomic mass is 9.98. The van der Waals surface area contributed by atoms with Crippen LogP contribution in [0.4, 0.5) is 5.13 Å². The number of nitrogens with one attached hydrogen (secondary N) is 1. The fourth-order valence-electron chi connectivity index (χ4n) is 2.59. The Hall–Kier alpha value is -2.58. The Kier molecular flexibility index (Phi) is 5.98. The van der Waals surface area contributed by atoms with Gasteiger partial charge in [-0.15, -0.1) is 10.2 Å². The van der Waals surface area contributed by atoms with Crippen LogP contribution in [0.25, 0.3) is 0 Å². The van der Waals surface area contributed by atoms with Gasteiger partial charge in [-0.05, 0) is 23.6 Å². The summed E-state index contributed by atoms with van der Waals surface area (Å²) in [6.45, 7) is 2.10. The van der Waals surface area contributed by atoms with Crippen LogP contribution in [-0.2, 0) is 21.1 Å². The summed E-state index contributed by atoms with van der Waals surface area (Å²) in [5.41, 5.74) is 1.20. The van der Waals surface area contributed by atoms with Gasteiger partial charge in [0.15, 0.2) is 9.84 Å². The molecular weight excluding hydrogens is 382 g/mol. The first-order valence-corrected chi connectivity index (χ1v) is 10.9. The molecule has 6 nitrogen and oxygen atoms in total. The second-order valence-electron chi connectivity index (χ2n) is 6.14. The zero-order valence-electron chi connectivity index (χ0n) is 14.7. The first-order chi connectivity index (χ1) is 12.9. The summed E-state index contributed by atoms with van der Waals surface area (Å²) in [6, 6.07) is 18.0. The molecule has 3 rings (SSSR count). The largest absolute Gasteiger partial charge is 0.300 e. The quantitative estimate of drug-likeness (QED) is 0.656. The molecule has 1 amide bonds. The Morgan fingerprint density at radius 1 is 1.04 bits per heavy atom. The standard InChI is InChI=1S/C19H19N3O3S2/c1-14(15-8-4-2-5-9-15)12-18-21-22-19(26-18)20-17(23)13-27(24,25)16-10-6-3-7-11-16/h2-11,14H,12-13H2,1H3,(H,20,22,23)/t14-/m0/s1. The van der Waals surface area contributed by atoms with Crippen LogP contribution in [0.15, 0.2) is 65.6 Å². The highest BCUT2D eigenvalue weighted by Crippen LogP contribution is 2.24. The minimum Gasteiger partial charge on any atom is -0.300 e. The third kappa shape index (κ3) is 5.21. The van der Waals surface area contributed by atoms with Gasteiger partial charge >= 0.3 is 0 Å². The number of sulfone groups is 1. The summed E-state index contributed by atoms with van der Waals surface area (Å²) in [5.74, 6) is -0.995. The summed E-state index contributed by atoms with van der Waals surface area (Å²) in [5, 5.41) is 11.7. The molecule has 0 bridgehead atoms. The highest BCUT2D eigenvalue weighted by molar-refractivity contribution is 7.92. The molecule has 1 heterocycles. The van der Waals surface area contributed by atoms with Gasteiger partial charge < -0.3 is 0 Å². The lowest BCUT2D eigenvalue weighted by molar-refractivity contribution is -0.113. The predicted molar refractivity (Wildman–Crippen MR) is 106 cm³/mol. The second-order valence-corrected chi connectivity index (χ2v) is 9.19. The Morgan fingerprint density at radius 2 is 1.67 bits per heavy atom. The first-order valence-electron chi connectivity index (χ1n) is 8.39. The maximum absolute atomic E-state index is 12.2. The van der Waals surface area contributed by atoms with Crippen molar-refractivity contribution in [2.45, 2.75) is 24.2 Å². The topological polar surface area (TPSA) is 89.0 Å². The van der Waals surface area contributed by atoms with Crippen LogP contribution in [0, 0.1) is 0 Å². The molecule has 3 aromatic rings. The lowest BCUT2D eigenvalue weighted by Gasteiger charge is -2.08. The van der Waals surface area contributed by atoms with E-state index in [0.29, 0.717) is 11.6 Å². The normalized spacial score (nSPS) is 12.5. The van der Waals surface area contributed by atoms with Gasteiger partial charge in [-0.1, -0.05) is 66.8 Å². The van der Waals surface area contributed by atoms with E-state index in [9.17, 15) is 13.2 Å². The van der Waals surface area contributed by atoms with Gasteiger partial charge in [0.25, 0.3) is 0 Å². The van der Waals surface area contributed by atoms with Crippen LogP contribution >= 0.6 is 11.3 Å². The molecule has 0 saturated carbocycles. The molecule has 0 aliphatic carbocycles. The van der Waals surface area contributed by atoms with E-state index in [1.165, 1.54) is 29.0 Å². The van der Waals surface area contributed by atoms with Crippen LogP contribution in [-0.4, -0.2) is 30.3 Å². The van der Waals surface area contributed by atoms with Gasteiger partial charge in [-0.25, -0.2) is 8.42 Å². The lowest BCUT2D eigenvalue weighted by Crippen LogP contribution is -2.22. The van der Waals surface area contributed by atoms with Crippen molar-refractivity contribution in [3.8, 4) is 0 Å². The molecule has 1 atom stereocenters. The Labute approximate surface area is 162 Å². The third-order valence-electron chi connectivity index (χ3n) is 3.99. The highest BCUT2D eigenvalue weighted by Gasteiger charge is 2.20. The van der Waals surface area contributed by atoms with E-state index >= 15 is 0 Å². The molecule has 2 aromatic carbocycles. The molecule has 8 heteroatoms. The minimum atomic E-state index is -3.68. The van der Waals surface area contributed by atoms with Gasteiger partial charge in [0.2, 0.25) is 11.0 Å². The molecule has 1 aromatic heterocycles. The molecule has 0 saturated heterocycles. The van der Waals surface area contributed by atoms with E-state index in [-0.39, 0.29) is 10.8 Å².